The van der Waals surface area contributed by atoms with E-state index < -0.39 is 6.10 Å². The SMILES string of the molecule is CCOc1ccc(Oc2cc(CNC(=O)C(Oc3ccccc3C#N)C(C)C)ccn2)cc1. The Kier molecular flexibility index (Phi) is 8.25. The Bertz CT molecular complexity index is 1110. The molecule has 0 radical (unpaired) electrons. The van der Waals surface area contributed by atoms with E-state index in [1.807, 2.05) is 51.1 Å². The lowest BCUT2D eigenvalue weighted by Crippen LogP contribution is -2.41. The van der Waals surface area contributed by atoms with Crippen LogP contribution < -0.4 is 19.5 Å². The number of rotatable bonds is 10. The molecule has 7 heteroatoms. The number of carbonyl (C=O) groups is 1. The van der Waals surface area contributed by atoms with Crippen LogP contribution in [0.1, 0.15) is 31.9 Å². The zero-order valence-electron chi connectivity index (χ0n) is 18.9. The molecule has 1 unspecified atom stereocenters. The average Bonchev–Trinajstić information content (AvgIpc) is 2.82. The zero-order chi connectivity index (χ0) is 23.6. The Morgan fingerprint density at radius 3 is 2.52 bits per heavy atom. The molecule has 0 aliphatic rings. The van der Waals surface area contributed by atoms with Gasteiger partial charge in [-0.2, -0.15) is 5.26 Å². The van der Waals surface area contributed by atoms with Gasteiger partial charge in [0, 0.05) is 18.8 Å². The van der Waals surface area contributed by atoms with Crippen molar-refractivity contribution in [3.8, 4) is 29.2 Å². The van der Waals surface area contributed by atoms with Crippen molar-refractivity contribution in [2.24, 2.45) is 5.92 Å². The molecular weight excluding hydrogens is 418 g/mol. The summed E-state index contributed by atoms with van der Waals surface area (Å²) in [5.74, 6) is 1.87. The predicted molar refractivity (Wildman–Crippen MR) is 124 cm³/mol. The summed E-state index contributed by atoms with van der Waals surface area (Å²) in [6.45, 7) is 6.61. The first kappa shape index (κ1) is 23.6. The maximum absolute atomic E-state index is 12.8. The highest BCUT2D eigenvalue weighted by Crippen LogP contribution is 2.24. The fourth-order valence-corrected chi connectivity index (χ4v) is 3.09. The highest BCUT2D eigenvalue weighted by atomic mass is 16.5. The van der Waals surface area contributed by atoms with Crippen molar-refractivity contribution in [2.75, 3.05) is 6.61 Å². The average molecular weight is 446 g/mol. The lowest BCUT2D eigenvalue weighted by atomic mass is 10.1. The Morgan fingerprint density at radius 2 is 1.82 bits per heavy atom. The molecule has 1 amide bonds. The van der Waals surface area contributed by atoms with Gasteiger partial charge in [-0.05, 0) is 60.9 Å². The molecule has 1 heterocycles. The molecule has 0 spiro atoms. The summed E-state index contributed by atoms with van der Waals surface area (Å²) in [6, 6.07) is 19.8. The van der Waals surface area contributed by atoms with Crippen LogP contribution in [-0.2, 0) is 11.3 Å². The van der Waals surface area contributed by atoms with Crippen molar-refractivity contribution < 1.29 is 19.0 Å². The van der Waals surface area contributed by atoms with Gasteiger partial charge >= 0.3 is 0 Å². The molecule has 0 aliphatic carbocycles. The Hall–Kier alpha value is -4.05. The molecule has 1 aromatic heterocycles. The highest BCUT2D eigenvalue weighted by Gasteiger charge is 2.25. The van der Waals surface area contributed by atoms with E-state index in [2.05, 4.69) is 16.4 Å². The van der Waals surface area contributed by atoms with Gasteiger partial charge in [-0.1, -0.05) is 26.0 Å². The Morgan fingerprint density at radius 1 is 1.09 bits per heavy atom. The third kappa shape index (κ3) is 6.71. The van der Waals surface area contributed by atoms with Crippen LogP contribution in [-0.4, -0.2) is 23.6 Å². The number of hydrogen-bond donors (Lipinski definition) is 1. The predicted octanol–water partition coefficient (Wildman–Crippen LogP) is 4.86. The van der Waals surface area contributed by atoms with Gasteiger partial charge in [0.05, 0.1) is 12.2 Å². The minimum atomic E-state index is -0.735. The second kappa shape index (κ2) is 11.5. The maximum atomic E-state index is 12.8. The summed E-state index contributed by atoms with van der Waals surface area (Å²) in [7, 11) is 0. The number of nitrogens with one attached hydrogen (secondary N) is 1. The first-order valence-electron chi connectivity index (χ1n) is 10.8. The number of hydrogen-bond acceptors (Lipinski definition) is 6. The van der Waals surface area contributed by atoms with E-state index in [-0.39, 0.29) is 18.4 Å². The van der Waals surface area contributed by atoms with E-state index in [1.54, 1.807) is 36.5 Å². The van der Waals surface area contributed by atoms with Crippen LogP contribution in [0, 0.1) is 17.2 Å². The van der Waals surface area contributed by atoms with Crippen molar-refractivity contribution in [3.63, 3.8) is 0 Å². The van der Waals surface area contributed by atoms with Gasteiger partial charge in [0.2, 0.25) is 5.88 Å². The summed E-state index contributed by atoms with van der Waals surface area (Å²) >= 11 is 0. The number of pyridine rings is 1. The van der Waals surface area contributed by atoms with Crippen LogP contribution in [0.3, 0.4) is 0 Å². The monoisotopic (exact) mass is 445 g/mol. The molecule has 33 heavy (non-hydrogen) atoms. The number of nitrogens with zero attached hydrogens (tertiary/aromatic N) is 2. The van der Waals surface area contributed by atoms with Gasteiger partial charge in [-0.3, -0.25) is 4.79 Å². The number of benzene rings is 2. The quantitative estimate of drug-likeness (QED) is 0.479. The number of carbonyl (C=O) groups excluding carboxylic acids is 1. The minimum Gasteiger partial charge on any atom is -0.494 e. The zero-order valence-corrected chi connectivity index (χ0v) is 18.9. The lowest BCUT2D eigenvalue weighted by Gasteiger charge is -2.22. The molecule has 0 bridgehead atoms. The molecule has 1 atom stereocenters. The van der Waals surface area contributed by atoms with Crippen LogP contribution in [0.25, 0.3) is 0 Å². The number of ether oxygens (including phenoxy) is 3. The third-order valence-electron chi connectivity index (χ3n) is 4.75. The van der Waals surface area contributed by atoms with Gasteiger partial charge in [0.1, 0.15) is 23.3 Å². The molecule has 0 aliphatic heterocycles. The van der Waals surface area contributed by atoms with Crippen molar-refractivity contribution >= 4 is 5.91 Å². The topological polar surface area (TPSA) is 93.5 Å². The number of nitriles is 1. The largest absolute Gasteiger partial charge is 0.494 e. The number of amides is 1. The second-order valence-electron chi connectivity index (χ2n) is 7.62. The van der Waals surface area contributed by atoms with Crippen LogP contribution in [0.15, 0.2) is 66.9 Å². The van der Waals surface area contributed by atoms with Gasteiger partial charge in [-0.25, -0.2) is 4.98 Å². The third-order valence-corrected chi connectivity index (χ3v) is 4.75. The smallest absolute Gasteiger partial charge is 0.261 e. The van der Waals surface area contributed by atoms with Crippen LogP contribution in [0.2, 0.25) is 0 Å². The van der Waals surface area contributed by atoms with E-state index in [9.17, 15) is 10.1 Å². The van der Waals surface area contributed by atoms with Gasteiger partial charge in [0.15, 0.2) is 6.10 Å². The molecule has 0 saturated heterocycles. The first-order chi connectivity index (χ1) is 16.0. The molecule has 7 nitrogen and oxygen atoms in total. The van der Waals surface area contributed by atoms with Crippen molar-refractivity contribution in [2.45, 2.75) is 33.4 Å². The number of aromatic nitrogens is 1. The highest BCUT2D eigenvalue weighted by molar-refractivity contribution is 5.81. The maximum Gasteiger partial charge on any atom is 0.261 e. The fraction of sp³-hybridized carbons (Fsp3) is 0.269. The number of para-hydroxylation sites is 1. The van der Waals surface area contributed by atoms with E-state index >= 15 is 0 Å². The van der Waals surface area contributed by atoms with E-state index in [0.29, 0.717) is 29.5 Å². The van der Waals surface area contributed by atoms with Gasteiger partial charge < -0.3 is 19.5 Å². The molecule has 2 aromatic carbocycles. The van der Waals surface area contributed by atoms with Crippen LogP contribution in [0.4, 0.5) is 0 Å². The van der Waals surface area contributed by atoms with Crippen molar-refractivity contribution in [1.82, 2.24) is 10.3 Å². The van der Waals surface area contributed by atoms with Crippen LogP contribution >= 0.6 is 0 Å². The molecule has 0 saturated carbocycles. The minimum absolute atomic E-state index is 0.0901. The Labute approximate surface area is 193 Å². The summed E-state index contributed by atoms with van der Waals surface area (Å²) in [4.78, 5) is 17.1. The standard InChI is InChI=1S/C26H27N3O4/c1-4-31-21-9-11-22(12-10-21)32-24-15-19(13-14-28-24)17-29-26(30)25(18(2)3)33-23-8-6-5-7-20(23)16-27/h5-15,18,25H,4,17H2,1-3H3,(H,29,30). The molecular formula is C26H27N3O4. The van der Waals surface area contributed by atoms with Crippen molar-refractivity contribution in [1.29, 1.82) is 5.26 Å². The Balaban J connectivity index is 1.62. The normalized spacial score (nSPS) is 11.4. The van der Waals surface area contributed by atoms with Crippen molar-refractivity contribution in [3.05, 3.63) is 78.0 Å². The fourth-order valence-electron chi connectivity index (χ4n) is 3.09. The van der Waals surface area contributed by atoms with E-state index in [1.165, 1.54) is 0 Å². The summed E-state index contributed by atoms with van der Waals surface area (Å²) in [5, 5.41) is 12.2. The van der Waals surface area contributed by atoms with Gasteiger partial charge in [-0.15, -0.1) is 0 Å². The molecule has 170 valence electrons. The molecule has 3 rings (SSSR count). The summed E-state index contributed by atoms with van der Waals surface area (Å²) in [5.41, 5.74) is 1.22. The second-order valence-corrected chi connectivity index (χ2v) is 7.62. The lowest BCUT2D eigenvalue weighted by molar-refractivity contribution is -0.130. The van der Waals surface area contributed by atoms with E-state index in [0.717, 1.165) is 11.3 Å². The van der Waals surface area contributed by atoms with Crippen LogP contribution in [0.5, 0.6) is 23.1 Å². The molecule has 0 fully saturated rings. The molecule has 3 aromatic rings. The van der Waals surface area contributed by atoms with Gasteiger partial charge in [0.25, 0.3) is 5.91 Å². The summed E-state index contributed by atoms with van der Waals surface area (Å²) in [6.07, 6.45) is 0.895. The first-order valence-corrected chi connectivity index (χ1v) is 10.8. The summed E-state index contributed by atoms with van der Waals surface area (Å²) < 4.78 is 17.1. The van der Waals surface area contributed by atoms with E-state index in [4.69, 9.17) is 14.2 Å². The molecule has 1 N–H and O–H groups in total.